The van der Waals surface area contributed by atoms with Gasteiger partial charge in [-0.3, -0.25) is 4.98 Å². The van der Waals surface area contributed by atoms with E-state index in [0.717, 1.165) is 15.6 Å². The average molecular weight is 290 g/mol. The molecule has 0 aliphatic carbocycles. The summed E-state index contributed by atoms with van der Waals surface area (Å²) in [6, 6.07) is 9.67. The zero-order valence-corrected chi connectivity index (χ0v) is 10.4. The fraction of sp³-hybridized carbons (Fsp3) is 0.0769. The smallest absolute Gasteiger partial charge is 0.340 e. The number of halogens is 1. The fourth-order valence-electron chi connectivity index (χ4n) is 1.84. The van der Waals surface area contributed by atoms with Crippen molar-refractivity contribution in [3.63, 3.8) is 0 Å². The standard InChI is InChI=1S/C13H8BrNO2/c14-11-4-2-1-3-9(11)8-5-10-12(15-6-8)7-17-13(10)16/h1-6H,7H2. The van der Waals surface area contributed by atoms with Crippen LogP contribution in [0.5, 0.6) is 0 Å². The molecular weight excluding hydrogens is 282 g/mol. The van der Waals surface area contributed by atoms with E-state index >= 15 is 0 Å². The Morgan fingerprint density at radius 1 is 1.24 bits per heavy atom. The lowest BCUT2D eigenvalue weighted by Crippen LogP contribution is -1.95. The Balaban J connectivity index is 2.15. The molecule has 0 spiro atoms. The first kappa shape index (κ1) is 10.5. The van der Waals surface area contributed by atoms with E-state index in [2.05, 4.69) is 20.9 Å². The van der Waals surface area contributed by atoms with Crippen LogP contribution in [0.1, 0.15) is 16.1 Å². The molecule has 17 heavy (non-hydrogen) atoms. The Kier molecular flexibility index (Phi) is 2.44. The van der Waals surface area contributed by atoms with E-state index in [0.29, 0.717) is 11.3 Å². The monoisotopic (exact) mass is 289 g/mol. The highest BCUT2D eigenvalue weighted by molar-refractivity contribution is 9.10. The third-order valence-electron chi connectivity index (χ3n) is 2.71. The van der Waals surface area contributed by atoms with Gasteiger partial charge in [0.25, 0.3) is 0 Å². The van der Waals surface area contributed by atoms with Crippen molar-refractivity contribution in [2.24, 2.45) is 0 Å². The molecule has 2 heterocycles. The summed E-state index contributed by atoms with van der Waals surface area (Å²) in [5.41, 5.74) is 3.21. The number of rotatable bonds is 1. The lowest BCUT2D eigenvalue weighted by molar-refractivity contribution is 0.0533. The van der Waals surface area contributed by atoms with E-state index in [1.807, 2.05) is 30.3 Å². The highest BCUT2D eigenvalue weighted by Crippen LogP contribution is 2.30. The SMILES string of the molecule is O=C1OCc2ncc(-c3ccccc3Br)cc21. The Morgan fingerprint density at radius 2 is 2.06 bits per heavy atom. The van der Waals surface area contributed by atoms with Gasteiger partial charge in [0.2, 0.25) is 0 Å². The predicted molar refractivity (Wildman–Crippen MR) is 66.5 cm³/mol. The van der Waals surface area contributed by atoms with Crippen molar-refractivity contribution in [2.75, 3.05) is 0 Å². The van der Waals surface area contributed by atoms with Crippen LogP contribution in [0.4, 0.5) is 0 Å². The Labute approximate surface area is 107 Å². The molecule has 1 aliphatic heterocycles. The van der Waals surface area contributed by atoms with Gasteiger partial charge in [-0.2, -0.15) is 0 Å². The second kappa shape index (κ2) is 3.96. The first-order chi connectivity index (χ1) is 8.25. The van der Waals surface area contributed by atoms with Gasteiger partial charge >= 0.3 is 5.97 Å². The summed E-state index contributed by atoms with van der Waals surface area (Å²) in [6.45, 7) is 0.282. The predicted octanol–water partition coefficient (Wildman–Crippen LogP) is 3.18. The molecule has 0 unspecified atom stereocenters. The van der Waals surface area contributed by atoms with Crippen LogP contribution in [0.2, 0.25) is 0 Å². The maximum Gasteiger partial charge on any atom is 0.340 e. The van der Waals surface area contributed by atoms with Crippen LogP contribution in [-0.2, 0) is 11.3 Å². The molecule has 0 fully saturated rings. The maximum absolute atomic E-state index is 11.5. The number of pyridine rings is 1. The number of fused-ring (bicyclic) bond motifs is 1. The molecule has 84 valence electrons. The Hall–Kier alpha value is -1.68. The Bertz CT molecular complexity index is 610. The van der Waals surface area contributed by atoms with Crippen LogP contribution >= 0.6 is 15.9 Å². The zero-order chi connectivity index (χ0) is 11.8. The minimum Gasteiger partial charge on any atom is -0.456 e. The number of carbonyl (C=O) groups is 1. The highest BCUT2D eigenvalue weighted by Gasteiger charge is 2.23. The minimum atomic E-state index is -0.290. The summed E-state index contributed by atoms with van der Waals surface area (Å²) in [5, 5.41) is 0. The first-order valence-corrected chi connectivity index (χ1v) is 5.96. The van der Waals surface area contributed by atoms with Gasteiger partial charge in [0.05, 0.1) is 11.3 Å². The molecule has 0 radical (unpaired) electrons. The molecule has 0 saturated heterocycles. The third kappa shape index (κ3) is 1.74. The largest absolute Gasteiger partial charge is 0.456 e. The van der Waals surface area contributed by atoms with Gasteiger partial charge in [0.15, 0.2) is 0 Å². The molecule has 0 saturated carbocycles. The van der Waals surface area contributed by atoms with Crippen molar-refractivity contribution >= 4 is 21.9 Å². The van der Waals surface area contributed by atoms with Crippen molar-refractivity contribution in [3.8, 4) is 11.1 Å². The molecule has 0 amide bonds. The number of hydrogen-bond donors (Lipinski definition) is 0. The zero-order valence-electron chi connectivity index (χ0n) is 8.81. The summed E-state index contributed by atoms with van der Waals surface area (Å²) in [4.78, 5) is 15.7. The van der Waals surface area contributed by atoms with Gasteiger partial charge in [0, 0.05) is 16.2 Å². The van der Waals surface area contributed by atoms with E-state index in [1.54, 1.807) is 6.20 Å². The number of carbonyl (C=O) groups excluding carboxylic acids is 1. The van der Waals surface area contributed by atoms with Crippen molar-refractivity contribution in [3.05, 3.63) is 52.3 Å². The fourth-order valence-corrected chi connectivity index (χ4v) is 2.35. The summed E-state index contributed by atoms with van der Waals surface area (Å²) < 4.78 is 5.91. The van der Waals surface area contributed by atoms with E-state index in [4.69, 9.17) is 4.74 Å². The van der Waals surface area contributed by atoms with Crippen LogP contribution in [0.25, 0.3) is 11.1 Å². The summed E-state index contributed by atoms with van der Waals surface area (Å²) in [6.07, 6.45) is 1.76. The number of benzene rings is 1. The number of ether oxygens (including phenoxy) is 1. The Morgan fingerprint density at radius 3 is 2.88 bits per heavy atom. The molecule has 2 aromatic rings. The second-order valence-electron chi connectivity index (χ2n) is 3.77. The topological polar surface area (TPSA) is 39.2 Å². The van der Waals surface area contributed by atoms with E-state index in [9.17, 15) is 4.79 Å². The van der Waals surface area contributed by atoms with Gasteiger partial charge in [-0.15, -0.1) is 0 Å². The normalized spacial score (nSPS) is 13.4. The van der Waals surface area contributed by atoms with Crippen LogP contribution in [0.3, 0.4) is 0 Å². The third-order valence-corrected chi connectivity index (χ3v) is 3.41. The molecule has 1 aliphatic rings. The summed E-state index contributed by atoms with van der Waals surface area (Å²) in [5.74, 6) is -0.290. The van der Waals surface area contributed by atoms with E-state index < -0.39 is 0 Å². The number of hydrogen-bond acceptors (Lipinski definition) is 3. The molecule has 4 heteroatoms. The van der Waals surface area contributed by atoms with Crippen LogP contribution < -0.4 is 0 Å². The number of cyclic esters (lactones) is 1. The molecule has 0 atom stereocenters. The maximum atomic E-state index is 11.5. The van der Waals surface area contributed by atoms with E-state index in [1.165, 1.54) is 0 Å². The molecule has 3 rings (SSSR count). The lowest BCUT2D eigenvalue weighted by atomic mass is 10.1. The molecule has 0 N–H and O–H groups in total. The minimum absolute atomic E-state index is 0.282. The summed E-state index contributed by atoms with van der Waals surface area (Å²) in [7, 11) is 0. The van der Waals surface area contributed by atoms with Crippen molar-refractivity contribution in [2.45, 2.75) is 6.61 Å². The molecule has 0 bridgehead atoms. The van der Waals surface area contributed by atoms with Crippen molar-refractivity contribution in [1.29, 1.82) is 0 Å². The van der Waals surface area contributed by atoms with Gasteiger partial charge in [0.1, 0.15) is 6.61 Å². The molecule has 1 aromatic carbocycles. The molecular formula is C13H8BrNO2. The molecule has 1 aromatic heterocycles. The van der Waals surface area contributed by atoms with Gasteiger partial charge in [-0.05, 0) is 17.7 Å². The number of aromatic nitrogens is 1. The average Bonchev–Trinajstić information content (AvgIpc) is 2.71. The van der Waals surface area contributed by atoms with Gasteiger partial charge in [-0.25, -0.2) is 4.79 Å². The van der Waals surface area contributed by atoms with Crippen LogP contribution in [-0.4, -0.2) is 11.0 Å². The van der Waals surface area contributed by atoms with E-state index in [-0.39, 0.29) is 12.6 Å². The van der Waals surface area contributed by atoms with Crippen LogP contribution in [0, 0.1) is 0 Å². The second-order valence-corrected chi connectivity index (χ2v) is 4.63. The van der Waals surface area contributed by atoms with Crippen molar-refractivity contribution in [1.82, 2.24) is 4.98 Å². The van der Waals surface area contributed by atoms with Crippen molar-refractivity contribution < 1.29 is 9.53 Å². The first-order valence-electron chi connectivity index (χ1n) is 5.16. The molecule has 3 nitrogen and oxygen atoms in total. The number of esters is 1. The summed E-state index contributed by atoms with van der Waals surface area (Å²) >= 11 is 3.48. The van der Waals surface area contributed by atoms with Gasteiger partial charge in [-0.1, -0.05) is 34.1 Å². The van der Waals surface area contributed by atoms with Crippen LogP contribution in [0.15, 0.2) is 41.0 Å². The highest BCUT2D eigenvalue weighted by atomic mass is 79.9. The lowest BCUT2D eigenvalue weighted by Gasteiger charge is -2.04. The van der Waals surface area contributed by atoms with Gasteiger partial charge < -0.3 is 4.74 Å². The quantitative estimate of drug-likeness (QED) is 0.757. The number of nitrogens with zero attached hydrogens (tertiary/aromatic N) is 1.